The molecule has 13 aromatic rings. The van der Waals surface area contributed by atoms with Gasteiger partial charge in [-0.3, -0.25) is 0 Å². The summed E-state index contributed by atoms with van der Waals surface area (Å²) in [6.45, 7) is 7.88. The molecule has 0 bridgehead atoms. The summed E-state index contributed by atoms with van der Waals surface area (Å²) in [5.41, 5.74) is -13.9. The van der Waals surface area contributed by atoms with E-state index >= 15 is 0 Å². The first-order valence-electron chi connectivity index (χ1n) is 39.9. The summed E-state index contributed by atoms with van der Waals surface area (Å²) in [6, 6.07) is -25.0. The second kappa shape index (κ2) is 15.2. The molecule has 3 aliphatic rings. The van der Waals surface area contributed by atoms with E-state index in [1.165, 1.54) is 0 Å². The van der Waals surface area contributed by atoms with Crippen molar-refractivity contribution in [3.8, 4) is 28.6 Å². The molecule has 3 aromatic heterocycles. The molecule has 76 heavy (non-hydrogen) atoms. The summed E-state index contributed by atoms with van der Waals surface area (Å²) in [6.07, 6.45) is 0. The van der Waals surface area contributed by atoms with Crippen molar-refractivity contribution < 1.29 is 43.9 Å². The molecule has 0 spiro atoms. The molecule has 0 radical (unpaired) electrons. The van der Waals surface area contributed by atoms with Crippen LogP contribution in [0.25, 0.3) is 86.3 Å². The number of anilines is 6. The second-order valence-corrected chi connectivity index (χ2v) is 21.7. The van der Waals surface area contributed by atoms with Crippen molar-refractivity contribution in [2.24, 2.45) is 0 Å². The Kier molecular flexibility index (Phi) is 4.50. The lowest BCUT2D eigenvalue weighted by molar-refractivity contribution is 0.590. The number of rotatable bonds is 3. The van der Waals surface area contributed by atoms with E-state index in [1.807, 2.05) is 6.07 Å². The molecule has 0 unspecified atom stereocenters. The van der Waals surface area contributed by atoms with Crippen LogP contribution in [-0.2, 0) is 10.8 Å². The van der Waals surface area contributed by atoms with Gasteiger partial charge in [-0.2, -0.15) is 5.26 Å². The zero-order valence-electron chi connectivity index (χ0n) is 72.7. The van der Waals surface area contributed by atoms with Gasteiger partial charge in [-0.05, 0) is 134 Å². The van der Waals surface area contributed by atoms with E-state index in [0.717, 1.165) is 18.9 Å². The van der Waals surface area contributed by atoms with E-state index in [-0.39, 0.29) is 42.1 Å². The lowest BCUT2D eigenvalue weighted by Crippen LogP contribution is -2.61. The highest BCUT2D eigenvalue weighted by Gasteiger charge is 2.46. The minimum absolute atomic E-state index is 0.0236. The Morgan fingerprint density at radius 1 is 0.474 bits per heavy atom. The quantitative estimate of drug-likeness (QED) is 0.166. The average Bonchev–Trinajstić information content (AvgIpc) is 1.15. The largest absolute Gasteiger partial charge is 0.311 e. The van der Waals surface area contributed by atoms with Gasteiger partial charge in [0.15, 0.2) is 0 Å². The molecule has 7 heteroatoms. The summed E-state index contributed by atoms with van der Waals surface area (Å²) in [5.74, 6) is 0. The molecule has 6 heterocycles. The van der Waals surface area contributed by atoms with Gasteiger partial charge < -0.3 is 18.9 Å². The van der Waals surface area contributed by atoms with Gasteiger partial charge in [0, 0.05) is 70.2 Å². The number of nitriles is 1. The van der Waals surface area contributed by atoms with Crippen LogP contribution in [0.15, 0.2) is 193 Å². The van der Waals surface area contributed by atoms with Crippen LogP contribution >= 0.6 is 11.3 Å². The van der Waals surface area contributed by atoms with E-state index in [1.54, 1.807) is 41.5 Å². The third-order valence-electron chi connectivity index (χ3n) is 14.2. The number of thiophene rings is 1. The Morgan fingerprint density at radius 3 is 1.83 bits per heavy atom. The molecule has 0 saturated heterocycles. The predicted octanol–water partition coefficient (Wildman–Crippen LogP) is 16.8. The lowest BCUT2D eigenvalue weighted by atomic mass is 9.33. The Balaban J connectivity index is 1.15. The molecule has 0 saturated carbocycles. The molecule has 0 fully saturated rings. The van der Waals surface area contributed by atoms with E-state index in [0.29, 0.717) is 11.3 Å². The second-order valence-electron chi connectivity index (χ2n) is 20.7. The average molecular weight is 1020 g/mol. The molecular formula is C69H50BN5S. The van der Waals surface area contributed by atoms with Gasteiger partial charge in [-0.25, -0.2) is 0 Å². The number of hydrogen-bond acceptors (Lipinski definition) is 4. The molecule has 0 amide bonds. The van der Waals surface area contributed by atoms with Crippen LogP contribution in [0, 0.1) is 11.3 Å². The highest BCUT2D eigenvalue weighted by Crippen LogP contribution is 2.53. The normalized spacial score (nSPS) is 19.5. The number of fused-ring (bicyclic) bond motifs is 15. The predicted molar refractivity (Wildman–Crippen MR) is 323 cm³/mol. The van der Waals surface area contributed by atoms with Crippen LogP contribution in [0.2, 0.25) is 0 Å². The Morgan fingerprint density at radius 2 is 1.09 bits per heavy atom. The molecule has 0 N–H and O–H groups in total. The van der Waals surface area contributed by atoms with Gasteiger partial charge in [-0.1, -0.05) is 150 Å². The lowest BCUT2D eigenvalue weighted by Gasteiger charge is -2.46. The van der Waals surface area contributed by atoms with Crippen molar-refractivity contribution >= 4 is 132 Å². The van der Waals surface area contributed by atoms with Crippen molar-refractivity contribution in [3.63, 3.8) is 0 Å². The molecular weight excluding hydrogens is 942 g/mol. The van der Waals surface area contributed by atoms with Crippen LogP contribution in [-0.4, -0.2) is 15.8 Å². The number of benzene rings is 10. The highest BCUT2D eigenvalue weighted by molar-refractivity contribution is 7.26. The highest BCUT2D eigenvalue weighted by atomic mass is 32.1. The number of hydrogen-bond donors (Lipinski definition) is 0. The molecule has 0 atom stereocenters. The topological polar surface area (TPSA) is 40.1 Å². The summed E-state index contributed by atoms with van der Waals surface area (Å²) < 4.78 is 313. The summed E-state index contributed by atoms with van der Waals surface area (Å²) >= 11 is 0.602. The number of nitrogens with zero attached hydrogens (tertiary/aromatic N) is 5. The van der Waals surface area contributed by atoms with Gasteiger partial charge in [-0.15, -0.1) is 11.3 Å². The van der Waals surface area contributed by atoms with Gasteiger partial charge in [0.1, 0.15) is 0 Å². The minimum atomic E-state index is -2.12. The van der Waals surface area contributed by atoms with Crippen molar-refractivity contribution in [2.75, 3.05) is 9.80 Å². The van der Waals surface area contributed by atoms with Crippen molar-refractivity contribution in [1.29, 1.82) is 5.26 Å². The monoisotopic (exact) mass is 1020 g/mol. The van der Waals surface area contributed by atoms with Crippen LogP contribution in [0.4, 0.5) is 34.1 Å². The summed E-state index contributed by atoms with van der Waals surface area (Å²) in [7, 11) is 0. The third-order valence-corrected chi connectivity index (χ3v) is 15.3. The molecule has 3 aliphatic heterocycles. The van der Waals surface area contributed by atoms with E-state index < -0.39 is 322 Å². The van der Waals surface area contributed by atoms with Crippen LogP contribution in [0.5, 0.6) is 0 Å². The van der Waals surface area contributed by atoms with E-state index in [9.17, 15) is 38.2 Å². The van der Waals surface area contributed by atoms with E-state index in [2.05, 4.69) is 0 Å². The van der Waals surface area contributed by atoms with Crippen LogP contribution in [0.3, 0.4) is 0 Å². The Bertz CT molecular complexity index is 6600. The maximum Gasteiger partial charge on any atom is 0.252 e. The van der Waals surface area contributed by atoms with Crippen molar-refractivity contribution in [1.82, 2.24) is 9.13 Å². The van der Waals surface area contributed by atoms with Gasteiger partial charge in [0.2, 0.25) is 0 Å². The fourth-order valence-corrected chi connectivity index (χ4v) is 11.8. The number of aromatic nitrogens is 2. The Hall–Kier alpha value is -8.83. The maximum atomic E-state index is 11.6. The van der Waals surface area contributed by atoms with Gasteiger partial charge >= 0.3 is 0 Å². The molecule has 5 nitrogen and oxygen atoms in total. The van der Waals surface area contributed by atoms with Gasteiger partial charge in [0.25, 0.3) is 6.71 Å². The summed E-state index contributed by atoms with van der Waals surface area (Å²) in [4.78, 5) is 1.75. The first kappa shape index (κ1) is 22.6. The molecule has 10 aromatic carbocycles. The first-order valence-corrected chi connectivity index (χ1v) is 24.7. The Labute approximate surface area is 490 Å². The maximum absolute atomic E-state index is 11.6. The fourth-order valence-electron chi connectivity index (χ4n) is 10.8. The third kappa shape index (κ3) is 5.85. The standard InChI is InChI=1S/C69H50BN5S/c1-68(2,3)42-26-32-56-51(36-42)52-37-43(69(4,5)6)27-33-57(52)73(56)45-30-31-53-60(38-45)72(44-28-24-41(25-29-44)46-16-11-18-50-48-15-8-10-23-63(48)76-67(46)50)61-34-40(39-71)35-62-64(61)70(53)54-19-13-22-59-66(54)75(62)58-21-12-17-49-47-14-7-9-20-55(47)74(59)65(49)58/h7-38H,1-6H3/i7D,8D,9D,10D,11D,12D,13D,14D,15D,16D,17D,18D,19D,20D,21D,22D,23D,24D,25D,26D,27D,28D,29D,30D,31D,32D,33D,34D,35D,36D,37D,38D. The summed E-state index contributed by atoms with van der Waals surface area (Å²) in [5, 5.41) is 9.61. The molecule has 0 aliphatic carbocycles. The molecule has 360 valence electrons. The van der Waals surface area contributed by atoms with E-state index in [4.69, 9.17) is 11.0 Å². The minimum Gasteiger partial charge on any atom is -0.311 e. The SMILES string of the molecule is [2H]c1c([2H])c2c3c(c1[2H])-n1c4c([2H])c([2H])c([2H])c([2H])c4c4c([2H])c([2H])c([2H])c(c41)N3c1c([2H])c(C#N)c([2H])c3c1B2c1c([2H])c([2H])c(-n2c4c([2H])c([2H])c(C(C)(C)C)c([2H])c4c4c([2H])c(C(C)(C)C)c([2H])c([2H])c42)c([2H])c1N3c1c([2H])c([2H])c(-c2c([2H])c([2H])c([2H])c3c2sc2c([2H])c([2H])c([2H])c([2H])c23)c([2H])c1[2H]. The van der Waals surface area contributed by atoms with Crippen molar-refractivity contribution in [3.05, 3.63) is 210 Å². The first-order chi connectivity index (χ1) is 50.3. The molecule has 16 rings (SSSR count). The number of para-hydroxylation sites is 3. The van der Waals surface area contributed by atoms with Crippen LogP contribution in [0.1, 0.15) is 102 Å². The van der Waals surface area contributed by atoms with Crippen LogP contribution < -0.4 is 26.2 Å². The fraction of sp³-hybridized carbons (Fsp3) is 0.116. The zero-order valence-corrected chi connectivity index (χ0v) is 41.5. The van der Waals surface area contributed by atoms with Gasteiger partial charge in [0.05, 0.1) is 94.6 Å². The zero-order chi connectivity index (χ0) is 78.9. The van der Waals surface area contributed by atoms with Crippen molar-refractivity contribution in [2.45, 2.75) is 52.4 Å². The smallest absolute Gasteiger partial charge is 0.252 e.